The molecule has 3 rings (SSSR count). The summed E-state index contributed by atoms with van der Waals surface area (Å²) in [7, 11) is 0. The highest BCUT2D eigenvalue weighted by atomic mass is 19.1. The van der Waals surface area contributed by atoms with Gasteiger partial charge in [0.15, 0.2) is 5.96 Å². The molecule has 0 aromatic heterocycles. The van der Waals surface area contributed by atoms with Crippen LogP contribution < -0.4 is 11.1 Å². The second-order valence-electron chi connectivity index (χ2n) is 9.22. The summed E-state index contributed by atoms with van der Waals surface area (Å²) < 4.78 is 20.1. The summed E-state index contributed by atoms with van der Waals surface area (Å²) in [4.78, 5) is 18.8. The number of carbonyl (C=O) groups is 1. The average Bonchev–Trinajstić information content (AvgIpc) is 2.79. The Morgan fingerprint density at radius 2 is 1.94 bits per heavy atom. The SMILES string of the molecule is CCOC[C@H](NC(O)c1cc(F)cc(CN2C(=O)C[C@@](C)(C(C)C)N=C2N)c1)c1ccccc1. The van der Waals surface area contributed by atoms with Crippen LogP contribution in [0.1, 0.15) is 63.1 Å². The number of hydrogen-bond acceptors (Lipinski definition) is 6. The lowest BCUT2D eigenvalue weighted by molar-refractivity contribution is -0.130. The fourth-order valence-electron chi connectivity index (χ4n) is 3.95. The van der Waals surface area contributed by atoms with Crippen molar-refractivity contribution in [1.82, 2.24) is 10.2 Å². The van der Waals surface area contributed by atoms with Crippen LogP contribution in [-0.2, 0) is 16.1 Å². The van der Waals surface area contributed by atoms with Crippen molar-refractivity contribution in [3.8, 4) is 0 Å². The molecule has 3 atom stereocenters. The maximum absolute atomic E-state index is 14.5. The topological polar surface area (TPSA) is 100 Å². The van der Waals surface area contributed by atoms with E-state index in [1.54, 1.807) is 6.07 Å². The standard InChI is InChI=1S/C26H35FN4O3/c1-5-34-16-22(19-9-7-6-8-10-19)29-24(33)20-11-18(12-21(27)13-20)15-31-23(32)14-26(4,17(2)3)30-25(31)28/h6-13,17,22,24,29,33H,5,14-16H2,1-4H3,(H2,28,30)/t22-,24?,26-/m0/s1. The van der Waals surface area contributed by atoms with Crippen molar-refractivity contribution in [2.24, 2.45) is 16.6 Å². The van der Waals surface area contributed by atoms with Crippen molar-refractivity contribution < 1.29 is 19.0 Å². The van der Waals surface area contributed by atoms with Crippen LogP contribution in [0.4, 0.5) is 4.39 Å². The van der Waals surface area contributed by atoms with E-state index in [1.807, 2.05) is 58.0 Å². The molecule has 8 heteroatoms. The van der Waals surface area contributed by atoms with Gasteiger partial charge in [0.25, 0.3) is 0 Å². The van der Waals surface area contributed by atoms with Crippen LogP contribution in [-0.4, -0.2) is 40.6 Å². The fraction of sp³-hybridized carbons (Fsp3) is 0.462. The third kappa shape index (κ3) is 6.20. The third-order valence-electron chi connectivity index (χ3n) is 6.39. The number of aliphatic imine (C=N–C) groups is 1. The minimum atomic E-state index is -1.15. The van der Waals surface area contributed by atoms with E-state index in [2.05, 4.69) is 10.3 Å². The lowest BCUT2D eigenvalue weighted by Gasteiger charge is -2.37. The summed E-state index contributed by atoms with van der Waals surface area (Å²) in [5.41, 5.74) is 7.38. The monoisotopic (exact) mass is 470 g/mol. The maximum Gasteiger partial charge on any atom is 0.232 e. The highest BCUT2D eigenvalue weighted by molar-refractivity contribution is 5.99. The van der Waals surface area contributed by atoms with Gasteiger partial charge < -0.3 is 15.6 Å². The van der Waals surface area contributed by atoms with Crippen molar-refractivity contribution in [2.45, 2.75) is 58.5 Å². The van der Waals surface area contributed by atoms with Gasteiger partial charge in [0.1, 0.15) is 12.0 Å². The van der Waals surface area contributed by atoms with Crippen molar-refractivity contribution >= 4 is 11.9 Å². The number of nitrogens with one attached hydrogen (secondary N) is 1. The number of benzene rings is 2. The molecule has 0 fully saturated rings. The molecule has 184 valence electrons. The van der Waals surface area contributed by atoms with E-state index in [0.29, 0.717) is 24.3 Å². The average molecular weight is 471 g/mol. The third-order valence-corrected chi connectivity index (χ3v) is 6.39. The Morgan fingerprint density at radius 1 is 1.24 bits per heavy atom. The number of halogens is 1. The number of aliphatic hydroxyl groups is 1. The van der Waals surface area contributed by atoms with E-state index >= 15 is 0 Å². The van der Waals surface area contributed by atoms with Crippen LogP contribution in [0.2, 0.25) is 0 Å². The molecule has 0 saturated heterocycles. The van der Waals surface area contributed by atoms with E-state index in [9.17, 15) is 14.3 Å². The number of rotatable bonds is 10. The largest absolute Gasteiger partial charge is 0.380 e. The highest BCUT2D eigenvalue weighted by Gasteiger charge is 2.38. The zero-order chi connectivity index (χ0) is 24.9. The number of guanidine groups is 1. The van der Waals surface area contributed by atoms with Gasteiger partial charge in [0.2, 0.25) is 5.91 Å². The van der Waals surface area contributed by atoms with Gasteiger partial charge in [-0.25, -0.2) is 9.38 Å². The van der Waals surface area contributed by atoms with Crippen molar-refractivity contribution in [1.29, 1.82) is 0 Å². The van der Waals surface area contributed by atoms with Gasteiger partial charge in [0, 0.05) is 6.61 Å². The van der Waals surface area contributed by atoms with Crippen LogP contribution in [0.5, 0.6) is 0 Å². The van der Waals surface area contributed by atoms with Crippen LogP contribution in [0.3, 0.4) is 0 Å². The van der Waals surface area contributed by atoms with Gasteiger partial charge >= 0.3 is 0 Å². The molecule has 7 nitrogen and oxygen atoms in total. The summed E-state index contributed by atoms with van der Waals surface area (Å²) >= 11 is 0. The zero-order valence-corrected chi connectivity index (χ0v) is 20.3. The number of carbonyl (C=O) groups excluding carboxylic acids is 1. The minimum Gasteiger partial charge on any atom is -0.380 e. The highest BCUT2D eigenvalue weighted by Crippen LogP contribution is 2.30. The molecule has 1 aliphatic rings. The lowest BCUT2D eigenvalue weighted by Crippen LogP contribution is -2.51. The Balaban J connectivity index is 1.79. The van der Waals surface area contributed by atoms with Gasteiger partial charge in [-0.15, -0.1) is 0 Å². The zero-order valence-electron chi connectivity index (χ0n) is 20.3. The van der Waals surface area contributed by atoms with Gasteiger partial charge in [-0.3, -0.25) is 15.0 Å². The molecule has 2 aromatic rings. The second-order valence-corrected chi connectivity index (χ2v) is 9.22. The molecule has 0 saturated carbocycles. The van der Waals surface area contributed by atoms with E-state index in [-0.39, 0.29) is 36.8 Å². The summed E-state index contributed by atoms with van der Waals surface area (Å²) in [6, 6.07) is 13.6. The number of ether oxygens (including phenoxy) is 1. The number of nitrogens with two attached hydrogens (primary N) is 1. The molecule has 2 aromatic carbocycles. The quantitative estimate of drug-likeness (QED) is 0.460. The van der Waals surface area contributed by atoms with Crippen LogP contribution in [0, 0.1) is 11.7 Å². The summed E-state index contributed by atoms with van der Waals surface area (Å²) in [6.45, 7) is 8.77. The Bertz CT molecular complexity index is 1010. The molecule has 1 heterocycles. The van der Waals surface area contributed by atoms with Crippen LogP contribution in [0.25, 0.3) is 0 Å². The van der Waals surface area contributed by atoms with E-state index in [4.69, 9.17) is 10.5 Å². The molecular weight excluding hydrogens is 435 g/mol. The number of amides is 1. The molecule has 0 spiro atoms. The Morgan fingerprint density at radius 3 is 2.56 bits per heavy atom. The molecule has 0 bridgehead atoms. The number of aliphatic hydroxyl groups excluding tert-OH is 1. The first-order chi connectivity index (χ1) is 16.1. The normalized spacial score (nSPS) is 20.4. The Hall–Kier alpha value is -2.81. The maximum atomic E-state index is 14.5. The summed E-state index contributed by atoms with van der Waals surface area (Å²) in [5, 5.41) is 14.0. The predicted molar refractivity (Wildman–Crippen MR) is 130 cm³/mol. The van der Waals surface area contributed by atoms with Crippen molar-refractivity contribution in [2.75, 3.05) is 13.2 Å². The lowest BCUT2D eigenvalue weighted by atomic mass is 9.84. The molecule has 0 radical (unpaired) electrons. The van der Waals surface area contributed by atoms with Crippen LogP contribution >= 0.6 is 0 Å². The predicted octanol–water partition coefficient (Wildman–Crippen LogP) is 3.65. The molecular formula is C26H35FN4O3. The van der Waals surface area contributed by atoms with E-state index in [0.717, 1.165) is 5.56 Å². The fourth-order valence-corrected chi connectivity index (χ4v) is 3.95. The summed E-state index contributed by atoms with van der Waals surface area (Å²) in [5.74, 6) is -0.401. The second kappa shape index (κ2) is 11.1. The van der Waals surface area contributed by atoms with Crippen molar-refractivity contribution in [3.05, 3.63) is 71.0 Å². The van der Waals surface area contributed by atoms with Gasteiger partial charge in [-0.1, -0.05) is 44.2 Å². The molecule has 1 aliphatic heterocycles. The number of hydrogen-bond donors (Lipinski definition) is 3. The Labute approximate surface area is 200 Å². The van der Waals surface area contributed by atoms with Gasteiger partial charge in [-0.2, -0.15) is 0 Å². The first-order valence-corrected chi connectivity index (χ1v) is 11.6. The van der Waals surface area contributed by atoms with Crippen molar-refractivity contribution in [3.63, 3.8) is 0 Å². The summed E-state index contributed by atoms with van der Waals surface area (Å²) in [6.07, 6.45) is -0.916. The van der Waals surface area contributed by atoms with Gasteiger partial charge in [-0.05, 0) is 54.7 Å². The smallest absolute Gasteiger partial charge is 0.232 e. The van der Waals surface area contributed by atoms with Gasteiger partial charge in [0.05, 0.1) is 31.2 Å². The minimum absolute atomic E-state index is 0.0703. The first-order valence-electron chi connectivity index (χ1n) is 11.6. The first kappa shape index (κ1) is 25.8. The van der Waals surface area contributed by atoms with E-state index < -0.39 is 17.6 Å². The number of nitrogens with zero attached hydrogens (tertiary/aromatic N) is 2. The molecule has 34 heavy (non-hydrogen) atoms. The van der Waals surface area contributed by atoms with Crippen LogP contribution in [0.15, 0.2) is 53.5 Å². The molecule has 4 N–H and O–H groups in total. The Kier molecular flexibility index (Phi) is 8.41. The molecule has 1 unspecified atom stereocenters. The van der Waals surface area contributed by atoms with E-state index in [1.165, 1.54) is 17.0 Å². The molecule has 1 amide bonds. The molecule has 0 aliphatic carbocycles.